The fourth-order valence-corrected chi connectivity index (χ4v) is 3.18. The zero-order valence-electron chi connectivity index (χ0n) is 16.3. The van der Waals surface area contributed by atoms with Crippen LogP contribution in [0.4, 0.5) is 11.4 Å². The van der Waals surface area contributed by atoms with Gasteiger partial charge in [0.15, 0.2) is 0 Å². The third-order valence-electron chi connectivity index (χ3n) is 4.79. The second-order valence-electron chi connectivity index (χ2n) is 6.96. The molecule has 0 saturated heterocycles. The molecule has 0 heterocycles. The molecule has 3 rings (SSSR count). The Morgan fingerprint density at radius 1 is 0.556 bits per heavy atom. The van der Waals surface area contributed by atoms with Crippen LogP contribution in [0.2, 0.25) is 0 Å². The van der Waals surface area contributed by atoms with Gasteiger partial charge in [-0.15, -0.1) is 12.4 Å². The molecular formula is C23H27ClN2O. The molecule has 0 atom stereocenters. The van der Waals surface area contributed by atoms with Crippen LogP contribution in [0, 0.1) is 0 Å². The lowest BCUT2D eigenvalue weighted by Crippen LogP contribution is -2.29. The summed E-state index contributed by atoms with van der Waals surface area (Å²) < 4.78 is 0. The minimum atomic E-state index is -1.20. The van der Waals surface area contributed by atoms with Crippen LogP contribution in [0.3, 0.4) is 0 Å². The molecule has 0 unspecified atom stereocenters. The lowest BCUT2D eigenvalue weighted by molar-refractivity contribution is 0.126. The molecule has 0 aromatic heterocycles. The van der Waals surface area contributed by atoms with Crippen molar-refractivity contribution < 1.29 is 5.11 Å². The summed E-state index contributed by atoms with van der Waals surface area (Å²) in [5, 5.41) is 11.9. The highest BCUT2D eigenvalue weighted by Crippen LogP contribution is 2.37. The molecule has 0 bridgehead atoms. The lowest BCUT2D eigenvalue weighted by atomic mass is 9.80. The molecule has 4 heteroatoms. The third-order valence-corrected chi connectivity index (χ3v) is 4.79. The monoisotopic (exact) mass is 382 g/mol. The average molecular weight is 383 g/mol. The van der Waals surface area contributed by atoms with Gasteiger partial charge in [-0.25, -0.2) is 0 Å². The van der Waals surface area contributed by atoms with Crippen LogP contribution in [-0.2, 0) is 5.60 Å². The average Bonchev–Trinajstić information content (AvgIpc) is 2.68. The Labute approximate surface area is 168 Å². The molecule has 3 aromatic carbocycles. The minimum absolute atomic E-state index is 0. The highest BCUT2D eigenvalue weighted by molar-refractivity contribution is 5.85. The molecule has 0 fully saturated rings. The molecule has 3 aromatic rings. The molecule has 142 valence electrons. The first-order valence-electron chi connectivity index (χ1n) is 8.76. The zero-order chi connectivity index (χ0) is 18.7. The standard InChI is InChI=1S/C23H26N2O.ClH/c1-24(2)21-14-10-19(11-15-21)23(26,18-8-6-5-7-9-18)20-12-16-22(17-13-20)25(3)4;/h5-17,26H,1-4H3;1H. The maximum Gasteiger partial charge on any atom is 0.140 e. The van der Waals surface area contributed by atoms with Crippen molar-refractivity contribution in [1.29, 1.82) is 0 Å². The summed E-state index contributed by atoms with van der Waals surface area (Å²) in [6.07, 6.45) is 0. The Hall–Kier alpha value is -2.49. The normalized spacial score (nSPS) is 10.9. The molecule has 0 amide bonds. The van der Waals surface area contributed by atoms with E-state index in [1.165, 1.54) is 0 Å². The SMILES string of the molecule is CN(C)c1ccc(C(O)(c2ccccc2)c2ccc(N(C)C)cc2)cc1.Cl. The molecule has 1 N–H and O–H groups in total. The van der Waals surface area contributed by atoms with E-state index in [1.807, 2.05) is 107 Å². The summed E-state index contributed by atoms with van der Waals surface area (Å²) >= 11 is 0. The first kappa shape index (κ1) is 20.8. The second-order valence-corrected chi connectivity index (χ2v) is 6.96. The van der Waals surface area contributed by atoms with Crippen LogP contribution >= 0.6 is 12.4 Å². The number of aliphatic hydroxyl groups is 1. The van der Waals surface area contributed by atoms with Gasteiger partial charge in [0, 0.05) is 39.6 Å². The highest BCUT2D eigenvalue weighted by Gasteiger charge is 2.33. The van der Waals surface area contributed by atoms with E-state index >= 15 is 0 Å². The van der Waals surface area contributed by atoms with Gasteiger partial charge in [0.2, 0.25) is 0 Å². The minimum Gasteiger partial charge on any atom is -0.378 e. The fourth-order valence-electron chi connectivity index (χ4n) is 3.18. The van der Waals surface area contributed by atoms with Crippen molar-refractivity contribution in [2.75, 3.05) is 38.0 Å². The Kier molecular flexibility index (Phi) is 6.53. The number of hydrogen-bond acceptors (Lipinski definition) is 3. The quantitative estimate of drug-likeness (QED) is 0.657. The van der Waals surface area contributed by atoms with Crippen LogP contribution in [0.25, 0.3) is 0 Å². The zero-order valence-corrected chi connectivity index (χ0v) is 17.1. The maximum absolute atomic E-state index is 11.9. The predicted molar refractivity (Wildman–Crippen MR) is 117 cm³/mol. The summed E-state index contributed by atoms with van der Waals surface area (Å²) in [6.45, 7) is 0. The van der Waals surface area contributed by atoms with Gasteiger partial charge in [0.1, 0.15) is 5.60 Å². The van der Waals surface area contributed by atoms with E-state index < -0.39 is 5.60 Å². The van der Waals surface area contributed by atoms with E-state index in [0.29, 0.717) is 0 Å². The van der Waals surface area contributed by atoms with Gasteiger partial charge in [-0.2, -0.15) is 0 Å². The highest BCUT2D eigenvalue weighted by atomic mass is 35.5. The number of benzene rings is 3. The van der Waals surface area contributed by atoms with Crippen molar-refractivity contribution in [3.63, 3.8) is 0 Å². The number of anilines is 2. The summed E-state index contributed by atoms with van der Waals surface area (Å²) in [4.78, 5) is 4.11. The van der Waals surface area contributed by atoms with Gasteiger partial charge in [-0.3, -0.25) is 0 Å². The number of nitrogens with zero attached hydrogens (tertiary/aromatic N) is 2. The third kappa shape index (κ3) is 4.10. The van der Waals surface area contributed by atoms with Gasteiger partial charge in [0.05, 0.1) is 0 Å². The fraction of sp³-hybridized carbons (Fsp3) is 0.217. The Bertz CT molecular complexity index is 792. The molecule has 3 nitrogen and oxygen atoms in total. The Morgan fingerprint density at radius 2 is 0.889 bits per heavy atom. The number of rotatable bonds is 5. The predicted octanol–water partition coefficient (Wildman–Crippen LogP) is 4.52. The van der Waals surface area contributed by atoms with Crippen molar-refractivity contribution in [2.24, 2.45) is 0 Å². The molecule has 27 heavy (non-hydrogen) atoms. The van der Waals surface area contributed by atoms with Crippen molar-refractivity contribution in [3.05, 3.63) is 95.6 Å². The van der Waals surface area contributed by atoms with Crippen molar-refractivity contribution in [3.8, 4) is 0 Å². The van der Waals surface area contributed by atoms with Crippen LogP contribution in [-0.4, -0.2) is 33.3 Å². The van der Waals surface area contributed by atoms with Gasteiger partial charge in [-0.1, -0.05) is 54.6 Å². The molecule has 0 aliphatic carbocycles. The summed E-state index contributed by atoms with van der Waals surface area (Å²) in [5.74, 6) is 0. The Morgan fingerprint density at radius 3 is 1.22 bits per heavy atom. The van der Waals surface area contributed by atoms with Gasteiger partial charge < -0.3 is 14.9 Å². The van der Waals surface area contributed by atoms with Crippen LogP contribution in [0.15, 0.2) is 78.9 Å². The molecule has 0 aliphatic heterocycles. The van der Waals surface area contributed by atoms with E-state index in [2.05, 4.69) is 9.80 Å². The van der Waals surface area contributed by atoms with Crippen LogP contribution in [0.5, 0.6) is 0 Å². The lowest BCUT2D eigenvalue weighted by Gasteiger charge is -2.31. The van der Waals surface area contributed by atoms with Crippen molar-refractivity contribution >= 4 is 23.8 Å². The first-order chi connectivity index (χ1) is 12.4. The van der Waals surface area contributed by atoms with E-state index in [4.69, 9.17) is 0 Å². The molecular weight excluding hydrogens is 356 g/mol. The summed E-state index contributed by atoms with van der Waals surface area (Å²) in [7, 11) is 8.05. The molecule has 0 aliphatic rings. The smallest absolute Gasteiger partial charge is 0.140 e. The van der Waals surface area contributed by atoms with Crippen LogP contribution < -0.4 is 9.80 Å². The van der Waals surface area contributed by atoms with Crippen molar-refractivity contribution in [2.45, 2.75) is 5.60 Å². The van der Waals surface area contributed by atoms with E-state index in [1.54, 1.807) is 0 Å². The summed E-state index contributed by atoms with van der Waals surface area (Å²) in [6, 6.07) is 26.0. The Balaban J connectivity index is 0.00000261. The second kappa shape index (κ2) is 8.47. The number of halogens is 1. The first-order valence-corrected chi connectivity index (χ1v) is 8.76. The van der Waals surface area contributed by atoms with E-state index in [0.717, 1.165) is 28.1 Å². The van der Waals surface area contributed by atoms with Gasteiger partial charge >= 0.3 is 0 Å². The topological polar surface area (TPSA) is 26.7 Å². The van der Waals surface area contributed by atoms with E-state index in [9.17, 15) is 5.11 Å². The van der Waals surface area contributed by atoms with E-state index in [-0.39, 0.29) is 12.4 Å². The van der Waals surface area contributed by atoms with Gasteiger partial charge in [-0.05, 0) is 41.0 Å². The largest absolute Gasteiger partial charge is 0.378 e. The molecule has 0 saturated carbocycles. The van der Waals surface area contributed by atoms with Crippen LogP contribution in [0.1, 0.15) is 16.7 Å². The number of hydrogen-bond donors (Lipinski definition) is 1. The molecule has 0 radical (unpaired) electrons. The maximum atomic E-state index is 11.9. The van der Waals surface area contributed by atoms with Gasteiger partial charge in [0.25, 0.3) is 0 Å². The summed E-state index contributed by atoms with van der Waals surface area (Å²) in [5.41, 5.74) is 3.57. The molecule has 0 spiro atoms. The van der Waals surface area contributed by atoms with Crippen molar-refractivity contribution in [1.82, 2.24) is 0 Å².